The van der Waals surface area contributed by atoms with Crippen LogP contribution in [0, 0.1) is 0 Å². The lowest BCUT2D eigenvalue weighted by molar-refractivity contribution is -0.955. The lowest BCUT2D eigenvalue weighted by atomic mass is 10.1. The van der Waals surface area contributed by atoms with Crippen LogP contribution in [-0.2, 0) is 4.74 Å². The molecule has 0 spiro atoms. The zero-order chi connectivity index (χ0) is 15.8. The van der Waals surface area contributed by atoms with Crippen LogP contribution in [0.4, 0.5) is 0 Å². The predicted octanol–water partition coefficient (Wildman–Crippen LogP) is 0.490. The molecule has 1 amide bonds. The number of ether oxygens (including phenoxy) is 1. The van der Waals surface area contributed by atoms with E-state index >= 15 is 0 Å². The van der Waals surface area contributed by atoms with Crippen molar-refractivity contribution in [3.05, 3.63) is 59.5 Å². The fourth-order valence-electron chi connectivity index (χ4n) is 3.26. The van der Waals surface area contributed by atoms with E-state index in [1.165, 1.54) is 11.2 Å². The van der Waals surface area contributed by atoms with Crippen LogP contribution in [0.15, 0.2) is 47.1 Å². The number of fused-ring (bicyclic) bond motifs is 1. The van der Waals surface area contributed by atoms with Crippen LogP contribution >= 0.6 is 0 Å². The predicted molar refractivity (Wildman–Crippen MR) is 79.9 cm³/mol. The molecule has 1 atom stereocenters. The number of hydrogen-bond acceptors (Lipinski definition) is 4. The summed E-state index contributed by atoms with van der Waals surface area (Å²) in [6.45, 7) is 2.70. The monoisotopic (exact) mass is 313 g/mol. The first kappa shape index (κ1) is 14.0. The van der Waals surface area contributed by atoms with Gasteiger partial charge in [-0.3, -0.25) is 9.69 Å². The summed E-state index contributed by atoms with van der Waals surface area (Å²) >= 11 is 0. The molecule has 0 saturated carbocycles. The number of cyclic esters (lactones) is 1. The smallest absolute Gasteiger partial charge is 0.343 e. The maximum Gasteiger partial charge on any atom is 0.343 e. The molecule has 6 heteroatoms. The van der Waals surface area contributed by atoms with Gasteiger partial charge in [0.05, 0.1) is 43.6 Å². The minimum Gasteiger partial charge on any atom is -0.459 e. The Morgan fingerprint density at radius 1 is 1.13 bits per heavy atom. The highest BCUT2D eigenvalue weighted by Gasteiger charge is 2.40. The summed E-state index contributed by atoms with van der Waals surface area (Å²) in [5, 5.41) is 0. The number of carbonyl (C=O) groups excluding carboxylic acids is 2. The number of esters is 1. The van der Waals surface area contributed by atoms with E-state index in [0.717, 1.165) is 18.7 Å². The van der Waals surface area contributed by atoms with E-state index in [2.05, 4.69) is 0 Å². The highest BCUT2D eigenvalue weighted by molar-refractivity contribution is 5.93. The standard InChI is InChI=1S/C17H16N2O4/c20-15(14-6-3-11-22-14)18-7-9-19(10-8-18)16-12-4-1-2-5-13(12)17(21)23-16/h1-6,11,16H,7-10H2/p+1. The minimum absolute atomic E-state index is 0.0853. The van der Waals surface area contributed by atoms with Crippen LogP contribution in [0.25, 0.3) is 0 Å². The van der Waals surface area contributed by atoms with Gasteiger partial charge in [-0.15, -0.1) is 0 Å². The lowest BCUT2D eigenvalue weighted by Gasteiger charge is -2.34. The molecular formula is C17H17N2O4+. The summed E-state index contributed by atoms with van der Waals surface area (Å²) in [7, 11) is 0. The molecule has 118 valence electrons. The third-order valence-electron chi connectivity index (χ3n) is 4.48. The topological polar surface area (TPSA) is 64.2 Å². The number of hydrogen-bond donors (Lipinski definition) is 1. The highest BCUT2D eigenvalue weighted by Crippen LogP contribution is 2.26. The average Bonchev–Trinajstić information content (AvgIpc) is 3.23. The van der Waals surface area contributed by atoms with Gasteiger partial charge in [-0.2, -0.15) is 0 Å². The molecule has 23 heavy (non-hydrogen) atoms. The second-order valence-corrected chi connectivity index (χ2v) is 5.80. The van der Waals surface area contributed by atoms with E-state index in [4.69, 9.17) is 9.15 Å². The number of piperazine rings is 1. The van der Waals surface area contributed by atoms with Gasteiger partial charge in [0.1, 0.15) is 0 Å². The Morgan fingerprint density at radius 2 is 1.91 bits per heavy atom. The summed E-state index contributed by atoms with van der Waals surface area (Å²) in [6.07, 6.45) is 1.24. The molecule has 1 fully saturated rings. The van der Waals surface area contributed by atoms with Crippen LogP contribution in [0.3, 0.4) is 0 Å². The average molecular weight is 313 g/mol. The Hall–Kier alpha value is -2.60. The van der Waals surface area contributed by atoms with Crippen molar-refractivity contribution in [2.24, 2.45) is 0 Å². The zero-order valence-corrected chi connectivity index (χ0v) is 12.5. The van der Waals surface area contributed by atoms with Gasteiger partial charge < -0.3 is 14.1 Å². The molecule has 0 bridgehead atoms. The Morgan fingerprint density at radius 3 is 2.65 bits per heavy atom. The van der Waals surface area contributed by atoms with Crippen LogP contribution < -0.4 is 4.90 Å². The first-order valence-electron chi connectivity index (χ1n) is 7.71. The zero-order valence-electron chi connectivity index (χ0n) is 12.5. The minimum atomic E-state index is -0.264. The van der Waals surface area contributed by atoms with Gasteiger partial charge >= 0.3 is 5.97 Å². The molecule has 6 nitrogen and oxygen atoms in total. The van der Waals surface area contributed by atoms with Crippen molar-refractivity contribution >= 4 is 11.9 Å². The fraction of sp³-hybridized carbons (Fsp3) is 0.294. The first-order valence-corrected chi connectivity index (χ1v) is 7.71. The van der Waals surface area contributed by atoms with Gasteiger partial charge in [0.15, 0.2) is 5.76 Å². The van der Waals surface area contributed by atoms with Gasteiger partial charge in [-0.25, -0.2) is 4.79 Å². The second-order valence-electron chi connectivity index (χ2n) is 5.80. The first-order chi connectivity index (χ1) is 11.2. The van der Waals surface area contributed by atoms with Gasteiger partial charge in [0.25, 0.3) is 12.1 Å². The molecule has 3 heterocycles. The van der Waals surface area contributed by atoms with Crippen molar-refractivity contribution in [2.45, 2.75) is 6.23 Å². The van der Waals surface area contributed by atoms with Gasteiger partial charge in [0, 0.05) is 0 Å². The number of benzene rings is 1. The number of amides is 1. The van der Waals surface area contributed by atoms with Crippen molar-refractivity contribution in [1.82, 2.24) is 4.90 Å². The third kappa shape index (κ3) is 2.41. The van der Waals surface area contributed by atoms with Crippen LogP contribution in [0.1, 0.15) is 32.7 Å². The number of rotatable bonds is 2. The molecule has 2 aliphatic heterocycles. The van der Waals surface area contributed by atoms with Gasteiger partial charge in [0.2, 0.25) is 0 Å². The Balaban J connectivity index is 1.45. The largest absolute Gasteiger partial charge is 0.459 e. The van der Waals surface area contributed by atoms with E-state index in [-0.39, 0.29) is 18.1 Å². The maximum atomic E-state index is 12.3. The van der Waals surface area contributed by atoms with Gasteiger partial charge in [-0.1, -0.05) is 12.1 Å². The van der Waals surface area contributed by atoms with Crippen molar-refractivity contribution in [1.29, 1.82) is 0 Å². The summed E-state index contributed by atoms with van der Waals surface area (Å²) in [6, 6.07) is 10.9. The van der Waals surface area contributed by atoms with Crippen LogP contribution in [0.2, 0.25) is 0 Å². The normalized spacial score (nSPS) is 21.1. The Bertz CT molecular complexity index is 733. The number of nitrogens with one attached hydrogen (secondary N) is 1. The maximum absolute atomic E-state index is 12.3. The van der Waals surface area contributed by atoms with Crippen LogP contribution in [0.5, 0.6) is 0 Å². The molecule has 0 radical (unpaired) electrons. The molecule has 2 aliphatic rings. The summed E-state index contributed by atoms with van der Waals surface area (Å²) < 4.78 is 10.7. The molecular weight excluding hydrogens is 296 g/mol. The lowest BCUT2D eigenvalue weighted by Crippen LogP contribution is -3.15. The van der Waals surface area contributed by atoms with Gasteiger partial charge in [-0.05, 0) is 24.3 Å². The van der Waals surface area contributed by atoms with Crippen molar-refractivity contribution in [3.63, 3.8) is 0 Å². The number of furan rings is 1. The number of quaternary nitrogens is 1. The Labute approximate surface area is 133 Å². The van der Waals surface area contributed by atoms with E-state index < -0.39 is 0 Å². The third-order valence-corrected chi connectivity index (χ3v) is 4.48. The Kier molecular flexibility index (Phi) is 3.38. The molecule has 4 rings (SSSR count). The van der Waals surface area contributed by atoms with E-state index in [1.807, 2.05) is 18.2 Å². The molecule has 1 unspecified atom stereocenters. The number of carbonyl (C=O) groups is 2. The van der Waals surface area contributed by atoms with E-state index in [0.29, 0.717) is 24.4 Å². The van der Waals surface area contributed by atoms with Crippen molar-refractivity contribution < 1.29 is 23.6 Å². The molecule has 1 aromatic heterocycles. The molecule has 0 aliphatic carbocycles. The SMILES string of the molecule is O=C1OC([NH+]2CCN(C(=O)c3ccco3)CC2)c2ccccc21. The van der Waals surface area contributed by atoms with Crippen molar-refractivity contribution in [2.75, 3.05) is 26.2 Å². The fourth-order valence-corrected chi connectivity index (χ4v) is 3.26. The molecule has 1 aromatic carbocycles. The number of nitrogens with zero attached hydrogens (tertiary/aromatic N) is 1. The molecule has 1 saturated heterocycles. The molecule has 1 N–H and O–H groups in total. The van der Waals surface area contributed by atoms with E-state index in [9.17, 15) is 9.59 Å². The summed E-state index contributed by atoms with van der Waals surface area (Å²) in [5.74, 6) is 0.0242. The quantitative estimate of drug-likeness (QED) is 0.820. The van der Waals surface area contributed by atoms with E-state index in [1.54, 1.807) is 23.1 Å². The van der Waals surface area contributed by atoms with Crippen molar-refractivity contribution in [3.8, 4) is 0 Å². The highest BCUT2D eigenvalue weighted by atomic mass is 16.6. The second kappa shape index (κ2) is 5.55. The molecule has 2 aromatic rings. The summed E-state index contributed by atoms with van der Waals surface area (Å²) in [4.78, 5) is 27.2. The van der Waals surface area contributed by atoms with Crippen LogP contribution in [-0.4, -0.2) is 43.0 Å². The summed E-state index contributed by atoms with van der Waals surface area (Å²) in [5.41, 5.74) is 1.59.